The van der Waals surface area contributed by atoms with Crippen molar-refractivity contribution in [3.8, 4) is 6.07 Å². The average Bonchev–Trinajstić information content (AvgIpc) is 3.11. The Balaban J connectivity index is 1.48. The molecule has 0 atom stereocenters. The van der Waals surface area contributed by atoms with Gasteiger partial charge >= 0.3 is 0 Å². The molecule has 35 heavy (non-hydrogen) atoms. The summed E-state index contributed by atoms with van der Waals surface area (Å²) in [5.41, 5.74) is 1.90. The van der Waals surface area contributed by atoms with Gasteiger partial charge in [0, 0.05) is 73.4 Å². The molecule has 1 saturated heterocycles. The average molecular weight is 483 g/mol. The lowest BCUT2D eigenvalue weighted by Crippen LogP contribution is -2.51. The Morgan fingerprint density at radius 1 is 1.03 bits per heavy atom. The number of hydrogen-bond acceptors (Lipinski definition) is 8. The van der Waals surface area contributed by atoms with Crippen LogP contribution in [-0.4, -0.2) is 94.5 Å². The zero-order chi connectivity index (χ0) is 25.4. The molecule has 0 unspecified atom stereocenters. The van der Waals surface area contributed by atoms with E-state index in [0.717, 1.165) is 17.8 Å². The lowest BCUT2D eigenvalue weighted by atomic mass is 10.1. The number of piperazine rings is 1. The van der Waals surface area contributed by atoms with E-state index in [9.17, 15) is 19.6 Å². The van der Waals surface area contributed by atoms with Gasteiger partial charge in [0.1, 0.15) is 17.5 Å². The number of nitriles is 1. The van der Waals surface area contributed by atoms with Gasteiger partial charge in [-0.25, -0.2) is 0 Å². The minimum atomic E-state index is -0.342. The number of nitrogens with one attached hydrogen (secondary N) is 1. The molecule has 0 aliphatic carbocycles. The van der Waals surface area contributed by atoms with Crippen LogP contribution in [0.4, 0.5) is 11.4 Å². The van der Waals surface area contributed by atoms with Gasteiger partial charge in [-0.05, 0) is 18.6 Å². The summed E-state index contributed by atoms with van der Waals surface area (Å²) in [6.07, 6.45) is 0.804. The first kappa shape index (κ1) is 26.2. The second-order valence-corrected chi connectivity index (χ2v) is 8.69. The highest BCUT2D eigenvalue weighted by Gasteiger charge is 2.31. The number of fused-ring (bicyclic) bond motifs is 1. The number of ketones is 1. The number of ether oxygens (including phenoxy) is 1. The molecule has 0 spiro atoms. The summed E-state index contributed by atoms with van der Waals surface area (Å²) in [4.78, 5) is 45.1. The van der Waals surface area contributed by atoms with E-state index in [1.807, 2.05) is 53.1 Å². The summed E-state index contributed by atoms with van der Waals surface area (Å²) in [7, 11) is 5.28. The molecule has 10 nitrogen and oxygen atoms in total. The minimum Gasteiger partial charge on any atom is -0.385 e. The highest BCUT2D eigenvalue weighted by Crippen LogP contribution is 2.40. The predicted molar refractivity (Wildman–Crippen MR) is 133 cm³/mol. The quantitative estimate of drug-likeness (QED) is 0.298. The van der Waals surface area contributed by atoms with Gasteiger partial charge < -0.3 is 24.8 Å². The fraction of sp³-hybridized carbons (Fsp3) is 0.520. The molecular weight excluding hydrogens is 448 g/mol. The number of methoxy groups -OCH3 is 1. The van der Waals surface area contributed by atoms with Gasteiger partial charge in [0.15, 0.2) is 5.78 Å². The Bertz CT molecular complexity index is 978. The Morgan fingerprint density at radius 2 is 1.66 bits per heavy atom. The Morgan fingerprint density at radius 3 is 2.23 bits per heavy atom. The third-order valence-electron chi connectivity index (χ3n) is 6.36. The molecule has 1 aromatic rings. The molecule has 1 fully saturated rings. The smallest absolute Gasteiger partial charge is 0.234 e. The maximum absolute atomic E-state index is 12.9. The van der Waals surface area contributed by atoms with Crippen LogP contribution in [0.3, 0.4) is 0 Å². The topological polar surface area (TPSA) is 109 Å². The van der Waals surface area contributed by atoms with Crippen molar-refractivity contribution in [2.75, 3.05) is 76.9 Å². The highest BCUT2D eigenvalue weighted by atomic mass is 16.5. The standard InChI is InChI=1S/C25H34N6O4/c1-28-20-7-4-5-8-21(20)29(2)25(28)19(17-26)22(32)9-10-24(34)31-14-12-30(13-15-31)18-23(33)27-11-6-16-35-3/h4-5,7-8H,6,9-16,18H2,1-3H3,(H,27,33). The van der Waals surface area contributed by atoms with E-state index in [1.165, 1.54) is 0 Å². The van der Waals surface area contributed by atoms with E-state index in [2.05, 4.69) is 11.4 Å². The van der Waals surface area contributed by atoms with Gasteiger partial charge in [-0.1, -0.05) is 12.1 Å². The van der Waals surface area contributed by atoms with E-state index < -0.39 is 0 Å². The number of carbonyl (C=O) groups excluding carboxylic acids is 3. The molecule has 188 valence electrons. The van der Waals surface area contributed by atoms with Gasteiger partial charge in [-0.3, -0.25) is 19.3 Å². The van der Waals surface area contributed by atoms with E-state index in [4.69, 9.17) is 4.74 Å². The number of nitrogens with zero attached hydrogens (tertiary/aromatic N) is 5. The molecule has 0 radical (unpaired) electrons. The fourth-order valence-electron chi connectivity index (χ4n) is 4.42. The van der Waals surface area contributed by atoms with Crippen LogP contribution in [0.5, 0.6) is 0 Å². The van der Waals surface area contributed by atoms with Crippen molar-refractivity contribution >= 4 is 29.0 Å². The summed E-state index contributed by atoms with van der Waals surface area (Å²) in [6, 6.07) is 9.75. The third kappa shape index (κ3) is 6.38. The second kappa shape index (κ2) is 12.3. The first-order valence-corrected chi connectivity index (χ1v) is 11.9. The number of allylic oxidation sites excluding steroid dienone is 1. The molecule has 2 heterocycles. The van der Waals surface area contributed by atoms with Crippen molar-refractivity contribution in [3.05, 3.63) is 35.7 Å². The monoisotopic (exact) mass is 482 g/mol. The lowest BCUT2D eigenvalue weighted by molar-refractivity contribution is -0.134. The molecule has 1 aromatic carbocycles. The molecule has 3 rings (SSSR count). The van der Waals surface area contributed by atoms with Gasteiger partial charge in [0.2, 0.25) is 11.8 Å². The van der Waals surface area contributed by atoms with E-state index in [1.54, 1.807) is 12.0 Å². The van der Waals surface area contributed by atoms with Crippen molar-refractivity contribution in [2.24, 2.45) is 0 Å². The molecule has 2 amide bonds. The van der Waals surface area contributed by atoms with Crippen molar-refractivity contribution in [3.63, 3.8) is 0 Å². The van der Waals surface area contributed by atoms with Gasteiger partial charge in [-0.2, -0.15) is 5.26 Å². The summed E-state index contributed by atoms with van der Waals surface area (Å²) in [6.45, 7) is 3.72. The molecule has 0 saturated carbocycles. The van der Waals surface area contributed by atoms with Crippen LogP contribution in [-0.2, 0) is 19.1 Å². The van der Waals surface area contributed by atoms with Gasteiger partial charge in [0.05, 0.1) is 17.9 Å². The number of benzene rings is 1. The van der Waals surface area contributed by atoms with Crippen molar-refractivity contribution in [1.82, 2.24) is 15.1 Å². The van der Waals surface area contributed by atoms with Crippen LogP contribution in [0.25, 0.3) is 0 Å². The first-order chi connectivity index (χ1) is 16.9. The summed E-state index contributed by atoms with van der Waals surface area (Å²) < 4.78 is 4.97. The van der Waals surface area contributed by atoms with Crippen LogP contribution < -0.4 is 15.1 Å². The normalized spacial score (nSPS) is 15.6. The second-order valence-electron chi connectivity index (χ2n) is 8.69. The number of anilines is 2. The van der Waals surface area contributed by atoms with Crippen LogP contribution in [0, 0.1) is 11.3 Å². The van der Waals surface area contributed by atoms with Crippen molar-refractivity contribution in [1.29, 1.82) is 5.26 Å². The van der Waals surface area contributed by atoms with Crippen LogP contribution in [0.2, 0.25) is 0 Å². The largest absolute Gasteiger partial charge is 0.385 e. The van der Waals surface area contributed by atoms with Crippen molar-refractivity contribution in [2.45, 2.75) is 19.3 Å². The Labute approximate surface area is 206 Å². The molecule has 10 heteroatoms. The Hall–Kier alpha value is -3.42. The molecular formula is C25H34N6O4. The maximum Gasteiger partial charge on any atom is 0.234 e. The summed E-state index contributed by atoms with van der Waals surface area (Å²) >= 11 is 0. The van der Waals surface area contributed by atoms with Crippen LogP contribution >= 0.6 is 0 Å². The number of carbonyl (C=O) groups is 3. The van der Waals surface area contributed by atoms with Gasteiger partial charge in [0.25, 0.3) is 0 Å². The number of Topliss-reactive ketones (excluding diaryl/α,β-unsaturated/α-hetero) is 1. The molecule has 0 aromatic heterocycles. The van der Waals surface area contributed by atoms with E-state index >= 15 is 0 Å². The van der Waals surface area contributed by atoms with Crippen LogP contribution in [0.1, 0.15) is 19.3 Å². The minimum absolute atomic E-state index is 0.0205. The lowest BCUT2D eigenvalue weighted by Gasteiger charge is -2.34. The van der Waals surface area contributed by atoms with E-state index in [-0.39, 0.29) is 36.0 Å². The highest BCUT2D eigenvalue weighted by molar-refractivity contribution is 6.03. The zero-order valence-corrected chi connectivity index (χ0v) is 20.7. The molecule has 2 aliphatic rings. The molecule has 2 aliphatic heterocycles. The molecule has 1 N–H and O–H groups in total. The fourth-order valence-corrected chi connectivity index (χ4v) is 4.42. The number of amides is 2. The van der Waals surface area contributed by atoms with Crippen molar-refractivity contribution < 1.29 is 19.1 Å². The Kier molecular flexibility index (Phi) is 9.23. The van der Waals surface area contributed by atoms with E-state index in [0.29, 0.717) is 51.7 Å². The zero-order valence-electron chi connectivity index (χ0n) is 20.7. The first-order valence-electron chi connectivity index (χ1n) is 11.9. The maximum atomic E-state index is 12.9. The number of rotatable bonds is 10. The SMILES string of the molecule is COCCCNC(=O)CN1CCN(C(=O)CCC(=O)C(C#N)=C2N(C)c3ccccc3N2C)CC1. The third-order valence-corrected chi connectivity index (χ3v) is 6.36. The summed E-state index contributed by atoms with van der Waals surface area (Å²) in [5, 5.41) is 12.6. The molecule has 0 bridgehead atoms. The number of hydrogen-bond donors (Lipinski definition) is 1. The van der Waals surface area contributed by atoms with Crippen LogP contribution in [0.15, 0.2) is 35.7 Å². The number of para-hydroxylation sites is 2. The summed E-state index contributed by atoms with van der Waals surface area (Å²) in [5.74, 6) is 0.0414. The predicted octanol–water partition coefficient (Wildman–Crippen LogP) is 0.954. The van der Waals surface area contributed by atoms with Gasteiger partial charge in [-0.15, -0.1) is 0 Å².